The smallest absolute Gasteiger partial charge is 0.239 e. The van der Waals surface area contributed by atoms with Gasteiger partial charge in [0, 0.05) is 19.5 Å². The zero-order valence-electron chi connectivity index (χ0n) is 12.5. The van der Waals surface area contributed by atoms with Crippen molar-refractivity contribution >= 4 is 11.8 Å². The Bertz CT molecular complexity index is 455. The SMILES string of the molecule is COc1ccc(CNC(=O)CN(C(C)=O)C(C)C)cc1. The van der Waals surface area contributed by atoms with Gasteiger partial charge in [-0.15, -0.1) is 0 Å². The molecule has 110 valence electrons. The van der Waals surface area contributed by atoms with Crippen LogP contribution in [0.25, 0.3) is 0 Å². The van der Waals surface area contributed by atoms with E-state index < -0.39 is 0 Å². The third kappa shape index (κ3) is 4.91. The van der Waals surface area contributed by atoms with E-state index in [2.05, 4.69) is 5.32 Å². The number of hydrogen-bond donors (Lipinski definition) is 1. The molecule has 0 bridgehead atoms. The van der Waals surface area contributed by atoms with Crippen LogP contribution in [-0.2, 0) is 16.1 Å². The lowest BCUT2D eigenvalue weighted by atomic mass is 10.2. The summed E-state index contributed by atoms with van der Waals surface area (Å²) in [5, 5.41) is 2.80. The summed E-state index contributed by atoms with van der Waals surface area (Å²) >= 11 is 0. The molecule has 20 heavy (non-hydrogen) atoms. The summed E-state index contributed by atoms with van der Waals surface area (Å²) in [4.78, 5) is 24.8. The van der Waals surface area contributed by atoms with Crippen molar-refractivity contribution in [2.75, 3.05) is 13.7 Å². The summed E-state index contributed by atoms with van der Waals surface area (Å²) in [7, 11) is 1.61. The van der Waals surface area contributed by atoms with Gasteiger partial charge in [0.2, 0.25) is 11.8 Å². The summed E-state index contributed by atoms with van der Waals surface area (Å²) in [5.41, 5.74) is 0.984. The summed E-state index contributed by atoms with van der Waals surface area (Å²) in [6.45, 7) is 5.77. The first kappa shape index (κ1) is 16.0. The van der Waals surface area contributed by atoms with Gasteiger partial charge in [-0.2, -0.15) is 0 Å². The molecule has 5 nitrogen and oxygen atoms in total. The number of nitrogens with zero attached hydrogens (tertiary/aromatic N) is 1. The number of rotatable bonds is 6. The number of nitrogens with one attached hydrogen (secondary N) is 1. The average molecular weight is 278 g/mol. The van der Waals surface area contributed by atoms with Crippen molar-refractivity contribution in [1.82, 2.24) is 10.2 Å². The molecule has 0 saturated heterocycles. The Balaban J connectivity index is 2.47. The molecular weight excluding hydrogens is 256 g/mol. The van der Waals surface area contributed by atoms with Crippen molar-refractivity contribution in [3.05, 3.63) is 29.8 Å². The Morgan fingerprint density at radius 3 is 2.30 bits per heavy atom. The van der Waals surface area contributed by atoms with Crippen LogP contribution in [0.2, 0.25) is 0 Å². The predicted octanol–water partition coefficient (Wildman–Crippen LogP) is 1.57. The molecule has 0 heterocycles. The number of benzene rings is 1. The van der Waals surface area contributed by atoms with Gasteiger partial charge in [-0.3, -0.25) is 9.59 Å². The Kier molecular flexibility index (Phi) is 6.03. The molecule has 0 aliphatic heterocycles. The topological polar surface area (TPSA) is 58.6 Å². The van der Waals surface area contributed by atoms with Crippen LogP contribution in [0.3, 0.4) is 0 Å². The largest absolute Gasteiger partial charge is 0.497 e. The molecule has 0 saturated carbocycles. The van der Waals surface area contributed by atoms with E-state index in [-0.39, 0.29) is 24.4 Å². The van der Waals surface area contributed by atoms with Crippen molar-refractivity contribution in [3.63, 3.8) is 0 Å². The molecule has 0 aliphatic carbocycles. The number of carbonyl (C=O) groups excluding carboxylic acids is 2. The van der Waals surface area contributed by atoms with Crippen molar-refractivity contribution in [1.29, 1.82) is 0 Å². The molecule has 0 unspecified atom stereocenters. The summed E-state index contributed by atoms with van der Waals surface area (Å²) in [6.07, 6.45) is 0. The molecule has 0 fully saturated rings. The van der Waals surface area contributed by atoms with E-state index in [9.17, 15) is 9.59 Å². The first-order valence-electron chi connectivity index (χ1n) is 6.61. The van der Waals surface area contributed by atoms with Crippen molar-refractivity contribution in [2.45, 2.75) is 33.4 Å². The van der Waals surface area contributed by atoms with E-state index in [1.54, 1.807) is 7.11 Å². The van der Waals surface area contributed by atoms with Gasteiger partial charge in [-0.1, -0.05) is 12.1 Å². The Morgan fingerprint density at radius 2 is 1.85 bits per heavy atom. The zero-order chi connectivity index (χ0) is 15.1. The standard InChI is InChI=1S/C15H22N2O3/c1-11(2)17(12(3)18)10-15(19)16-9-13-5-7-14(20-4)8-6-13/h5-8,11H,9-10H2,1-4H3,(H,16,19). The Labute approximate surface area is 119 Å². The number of methoxy groups -OCH3 is 1. The average Bonchev–Trinajstić information content (AvgIpc) is 2.42. The lowest BCUT2D eigenvalue weighted by Gasteiger charge is -2.24. The molecule has 1 aromatic carbocycles. The highest BCUT2D eigenvalue weighted by molar-refractivity contribution is 5.83. The molecule has 0 spiro atoms. The maximum atomic E-state index is 11.8. The minimum absolute atomic E-state index is 0.0132. The van der Waals surface area contributed by atoms with Gasteiger partial charge in [0.05, 0.1) is 13.7 Å². The Morgan fingerprint density at radius 1 is 1.25 bits per heavy atom. The highest BCUT2D eigenvalue weighted by atomic mass is 16.5. The molecule has 5 heteroatoms. The highest BCUT2D eigenvalue weighted by Gasteiger charge is 2.16. The number of amides is 2. The van der Waals surface area contributed by atoms with E-state index in [0.29, 0.717) is 6.54 Å². The van der Waals surface area contributed by atoms with Crippen LogP contribution in [0.4, 0.5) is 0 Å². The van der Waals surface area contributed by atoms with Crippen LogP contribution in [-0.4, -0.2) is 36.4 Å². The molecule has 2 amide bonds. The molecular formula is C15H22N2O3. The van der Waals surface area contributed by atoms with Crippen molar-refractivity contribution < 1.29 is 14.3 Å². The fourth-order valence-corrected chi connectivity index (χ4v) is 1.81. The summed E-state index contributed by atoms with van der Waals surface area (Å²) in [6, 6.07) is 7.49. The van der Waals surface area contributed by atoms with Crippen LogP contribution >= 0.6 is 0 Å². The van der Waals surface area contributed by atoms with Gasteiger partial charge >= 0.3 is 0 Å². The maximum Gasteiger partial charge on any atom is 0.239 e. The minimum Gasteiger partial charge on any atom is -0.497 e. The lowest BCUT2D eigenvalue weighted by molar-refractivity contribution is -0.136. The summed E-state index contributed by atoms with van der Waals surface area (Å²) < 4.78 is 5.07. The first-order valence-corrected chi connectivity index (χ1v) is 6.61. The van der Waals surface area contributed by atoms with Crippen LogP contribution in [0.1, 0.15) is 26.3 Å². The third-order valence-electron chi connectivity index (χ3n) is 2.99. The second kappa shape index (κ2) is 7.53. The van der Waals surface area contributed by atoms with Gasteiger partial charge in [0.15, 0.2) is 0 Å². The van der Waals surface area contributed by atoms with Crippen molar-refractivity contribution in [3.8, 4) is 5.75 Å². The quantitative estimate of drug-likeness (QED) is 0.859. The van der Waals surface area contributed by atoms with Gasteiger partial charge in [-0.05, 0) is 31.5 Å². The molecule has 0 aromatic heterocycles. The van der Waals surface area contributed by atoms with E-state index in [1.165, 1.54) is 11.8 Å². The maximum absolute atomic E-state index is 11.8. The second-order valence-corrected chi connectivity index (χ2v) is 4.87. The minimum atomic E-state index is -0.162. The Hall–Kier alpha value is -2.04. The van der Waals surface area contributed by atoms with Crippen LogP contribution in [0.5, 0.6) is 5.75 Å². The first-order chi connectivity index (χ1) is 9.43. The second-order valence-electron chi connectivity index (χ2n) is 4.87. The van der Waals surface area contributed by atoms with E-state index >= 15 is 0 Å². The monoisotopic (exact) mass is 278 g/mol. The van der Waals surface area contributed by atoms with E-state index in [1.807, 2.05) is 38.1 Å². The fourth-order valence-electron chi connectivity index (χ4n) is 1.81. The lowest BCUT2D eigenvalue weighted by Crippen LogP contribution is -2.43. The van der Waals surface area contributed by atoms with Gasteiger partial charge < -0.3 is 15.0 Å². The van der Waals surface area contributed by atoms with Gasteiger partial charge in [0.25, 0.3) is 0 Å². The number of hydrogen-bond acceptors (Lipinski definition) is 3. The molecule has 0 aliphatic rings. The highest BCUT2D eigenvalue weighted by Crippen LogP contribution is 2.10. The van der Waals surface area contributed by atoms with Gasteiger partial charge in [-0.25, -0.2) is 0 Å². The van der Waals surface area contributed by atoms with Crippen LogP contribution in [0, 0.1) is 0 Å². The number of ether oxygens (including phenoxy) is 1. The fraction of sp³-hybridized carbons (Fsp3) is 0.467. The molecule has 1 aromatic rings. The van der Waals surface area contributed by atoms with Crippen LogP contribution < -0.4 is 10.1 Å². The molecule has 0 radical (unpaired) electrons. The molecule has 1 N–H and O–H groups in total. The number of carbonyl (C=O) groups is 2. The van der Waals surface area contributed by atoms with Crippen LogP contribution in [0.15, 0.2) is 24.3 Å². The normalized spacial score (nSPS) is 10.2. The zero-order valence-corrected chi connectivity index (χ0v) is 12.5. The predicted molar refractivity (Wildman–Crippen MR) is 77.4 cm³/mol. The molecule has 1 rings (SSSR count). The van der Waals surface area contributed by atoms with E-state index in [4.69, 9.17) is 4.74 Å². The third-order valence-corrected chi connectivity index (χ3v) is 2.99. The molecule has 0 atom stereocenters. The van der Waals surface area contributed by atoms with Gasteiger partial charge in [0.1, 0.15) is 5.75 Å². The summed E-state index contributed by atoms with van der Waals surface area (Å²) in [5.74, 6) is 0.520. The van der Waals surface area contributed by atoms with E-state index in [0.717, 1.165) is 11.3 Å². The van der Waals surface area contributed by atoms with Crippen molar-refractivity contribution in [2.24, 2.45) is 0 Å².